The van der Waals surface area contributed by atoms with Crippen LogP contribution in [0.4, 0.5) is 4.79 Å². The SMILES string of the molecule is C#CC(=O)CC(CNC(=O)OC(C)(C)C)C1CC1. The summed E-state index contributed by atoms with van der Waals surface area (Å²) in [5, 5.41) is 2.71. The summed E-state index contributed by atoms with van der Waals surface area (Å²) in [6, 6.07) is 0. The maximum Gasteiger partial charge on any atom is 0.407 e. The van der Waals surface area contributed by atoms with E-state index in [0.29, 0.717) is 18.9 Å². The van der Waals surface area contributed by atoms with Crippen LogP contribution < -0.4 is 5.32 Å². The number of carbonyl (C=O) groups is 2. The fraction of sp³-hybridized carbons (Fsp3) is 0.714. The highest BCUT2D eigenvalue weighted by Crippen LogP contribution is 2.38. The molecule has 0 aliphatic heterocycles. The van der Waals surface area contributed by atoms with Crippen molar-refractivity contribution in [1.82, 2.24) is 5.32 Å². The van der Waals surface area contributed by atoms with Gasteiger partial charge in [-0.2, -0.15) is 0 Å². The molecule has 0 saturated heterocycles. The first-order valence-electron chi connectivity index (χ1n) is 6.28. The van der Waals surface area contributed by atoms with Gasteiger partial charge in [0, 0.05) is 13.0 Å². The third-order valence-electron chi connectivity index (χ3n) is 2.80. The van der Waals surface area contributed by atoms with Gasteiger partial charge in [-0.1, -0.05) is 0 Å². The monoisotopic (exact) mass is 251 g/mol. The maximum absolute atomic E-state index is 11.5. The van der Waals surface area contributed by atoms with Crippen molar-refractivity contribution < 1.29 is 14.3 Å². The summed E-state index contributed by atoms with van der Waals surface area (Å²) in [7, 11) is 0. The van der Waals surface area contributed by atoms with Crippen LogP contribution in [0.1, 0.15) is 40.0 Å². The molecule has 18 heavy (non-hydrogen) atoms. The molecule has 0 spiro atoms. The first-order chi connectivity index (χ1) is 8.31. The highest BCUT2D eigenvalue weighted by Gasteiger charge is 2.32. The van der Waals surface area contributed by atoms with E-state index in [-0.39, 0.29) is 11.7 Å². The summed E-state index contributed by atoms with van der Waals surface area (Å²) in [5.74, 6) is 2.58. The average molecular weight is 251 g/mol. The number of alkyl carbamates (subject to hydrolysis) is 1. The molecule has 0 radical (unpaired) electrons. The third kappa shape index (κ3) is 5.72. The van der Waals surface area contributed by atoms with Crippen LogP contribution in [0, 0.1) is 24.2 Å². The van der Waals surface area contributed by atoms with Crippen molar-refractivity contribution >= 4 is 11.9 Å². The topological polar surface area (TPSA) is 55.4 Å². The second-order valence-corrected chi connectivity index (χ2v) is 5.75. The van der Waals surface area contributed by atoms with E-state index in [1.54, 1.807) is 0 Å². The number of nitrogens with one attached hydrogen (secondary N) is 1. The molecule has 0 aromatic heterocycles. The van der Waals surface area contributed by atoms with Gasteiger partial charge in [-0.05, 0) is 51.4 Å². The minimum absolute atomic E-state index is 0.140. The number of hydrogen-bond acceptors (Lipinski definition) is 3. The molecule has 1 saturated carbocycles. The summed E-state index contributed by atoms with van der Waals surface area (Å²) >= 11 is 0. The molecule has 1 aliphatic carbocycles. The van der Waals surface area contributed by atoms with Crippen molar-refractivity contribution in [3.8, 4) is 12.3 Å². The third-order valence-corrected chi connectivity index (χ3v) is 2.80. The number of hydrogen-bond donors (Lipinski definition) is 1. The van der Waals surface area contributed by atoms with Crippen molar-refractivity contribution in [2.75, 3.05) is 6.54 Å². The fourth-order valence-corrected chi connectivity index (χ4v) is 1.80. The molecule has 4 heteroatoms. The lowest BCUT2D eigenvalue weighted by molar-refractivity contribution is -0.114. The molecular formula is C14H21NO3. The summed E-state index contributed by atoms with van der Waals surface area (Å²) in [6.07, 6.45) is 7.19. The van der Waals surface area contributed by atoms with E-state index in [9.17, 15) is 9.59 Å². The molecule has 1 unspecified atom stereocenters. The number of Topliss-reactive ketones (excluding diaryl/α,β-unsaturated/α-hetero) is 1. The van der Waals surface area contributed by atoms with E-state index in [1.807, 2.05) is 20.8 Å². The van der Waals surface area contributed by atoms with Gasteiger partial charge in [0.1, 0.15) is 5.60 Å². The van der Waals surface area contributed by atoms with Gasteiger partial charge in [-0.15, -0.1) is 6.42 Å². The summed E-state index contributed by atoms with van der Waals surface area (Å²) in [6.45, 7) is 5.89. The number of amides is 1. The first-order valence-corrected chi connectivity index (χ1v) is 6.28. The van der Waals surface area contributed by atoms with Crippen molar-refractivity contribution in [3.63, 3.8) is 0 Å². The molecule has 100 valence electrons. The van der Waals surface area contributed by atoms with Gasteiger partial charge < -0.3 is 10.1 Å². The number of terminal acetylenes is 1. The molecule has 1 atom stereocenters. The van der Waals surface area contributed by atoms with Crippen molar-refractivity contribution in [1.29, 1.82) is 0 Å². The van der Waals surface area contributed by atoms with Crippen LogP contribution >= 0.6 is 0 Å². The second kappa shape index (κ2) is 5.90. The van der Waals surface area contributed by atoms with Crippen LogP contribution in [0.3, 0.4) is 0 Å². The van der Waals surface area contributed by atoms with Crippen molar-refractivity contribution in [2.45, 2.75) is 45.6 Å². The number of carbonyl (C=O) groups excluding carboxylic acids is 2. The Morgan fingerprint density at radius 2 is 2.06 bits per heavy atom. The van der Waals surface area contributed by atoms with Crippen molar-refractivity contribution in [3.05, 3.63) is 0 Å². The van der Waals surface area contributed by atoms with Crippen LogP contribution in [0.25, 0.3) is 0 Å². The zero-order chi connectivity index (χ0) is 13.8. The zero-order valence-electron chi connectivity index (χ0n) is 11.3. The Labute approximate surface area is 108 Å². The fourth-order valence-electron chi connectivity index (χ4n) is 1.80. The summed E-state index contributed by atoms with van der Waals surface area (Å²) in [4.78, 5) is 22.8. The lowest BCUT2D eigenvalue weighted by Crippen LogP contribution is -2.36. The van der Waals surface area contributed by atoms with E-state index in [1.165, 1.54) is 0 Å². The molecule has 1 N–H and O–H groups in total. The van der Waals surface area contributed by atoms with Gasteiger partial charge in [0.15, 0.2) is 0 Å². The van der Waals surface area contributed by atoms with Crippen LogP contribution in [0.2, 0.25) is 0 Å². The molecule has 0 bridgehead atoms. The molecule has 0 aromatic carbocycles. The Hall–Kier alpha value is -1.50. The summed E-state index contributed by atoms with van der Waals surface area (Å²) in [5.41, 5.74) is -0.506. The van der Waals surface area contributed by atoms with Gasteiger partial charge in [-0.25, -0.2) is 4.79 Å². The molecule has 1 amide bonds. The number of ether oxygens (including phenoxy) is 1. The predicted octanol–water partition coefficient (Wildman–Crippen LogP) is 2.13. The Morgan fingerprint density at radius 1 is 1.44 bits per heavy atom. The summed E-state index contributed by atoms with van der Waals surface area (Å²) < 4.78 is 5.14. The molecular weight excluding hydrogens is 230 g/mol. The Bertz CT molecular complexity index is 358. The van der Waals surface area contributed by atoms with Gasteiger partial charge in [0.25, 0.3) is 0 Å². The van der Waals surface area contributed by atoms with Gasteiger partial charge in [0.2, 0.25) is 5.78 Å². The van der Waals surface area contributed by atoms with Gasteiger partial charge in [0.05, 0.1) is 0 Å². The quantitative estimate of drug-likeness (QED) is 0.601. The predicted molar refractivity (Wildman–Crippen MR) is 68.9 cm³/mol. The molecule has 4 nitrogen and oxygen atoms in total. The van der Waals surface area contributed by atoms with E-state index < -0.39 is 11.7 Å². The lowest BCUT2D eigenvalue weighted by Gasteiger charge is -2.21. The van der Waals surface area contributed by atoms with Crippen LogP contribution in [0.5, 0.6) is 0 Å². The molecule has 0 heterocycles. The number of ketones is 1. The molecule has 1 aliphatic rings. The van der Waals surface area contributed by atoms with Gasteiger partial charge in [-0.3, -0.25) is 4.79 Å². The highest BCUT2D eigenvalue weighted by atomic mass is 16.6. The first kappa shape index (κ1) is 14.6. The van der Waals surface area contributed by atoms with E-state index in [2.05, 4.69) is 11.2 Å². The van der Waals surface area contributed by atoms with Crippen LogP contribution in [-0.4, -0.2) is 24.0 Å². The molecule has 1 rings (SSSR count). The maximum atomic E-state index is 11.5. The standard InChI is InChI=1S/C14H21NO3/c1-5-12(16)8-11(10-6-7-10)9-15-13(17)18-14(2,3)4/h1,10-11H,6-9H2,2-4H3,(H,15,17). The second-order valence-electron chi connectivity index (χ2n) is 5.75. The van der Waals surface area contributed by atoms with E-state index in [4.69, 9.17) is 11.2 Å². The average Bonchev–Trinajstić information content (AvgIpc) is 3.04. The molecule has 1 fully saturated rings. The Morgan fingerprint density at radius 3 is 2.50 bits per heavy atom. The number of rotatable bonds is 5. The van der Waals surface area contributed by atoms with E-state index in [0.717, 1.165) is 12.8 Å². The van der Waals surface area contributed by atoms with Gasteiger partial charge >= 0.3 is 6.09 Å². The lowest BCUT2D eigenvalue weighted by atomic mass is 9.97. The normalized spacial score (nSPS) is 16.6. The van der Waals surface area contributed by atoms with Crippen molar-refractivity contribution in [2.24, 2.45) is 11.8 Å². The van der Waals surface area contributed by atoms with Crippen LogP contribution in [-0.2, 0) is 9.53 Å². The van der Waals surface area contributed by atoms with Crippen LogP contribution in [0.15, 0.2) is 0 Å². The zero-order valence-corrected chi connectivity index (χ0v) is 11.3. The molecule has 0 aromatic rings. The highest BCUT2D eigenvalue weighted by molar-refractivity contribution is 5.95. The minimum atomic E-state index is -0.506. The van der Waals surface area contributed by atoms with E-state index >= 15 is 0 Å². The Balaban J connectivity index is 2.36. The smallest absolute Gasteiger partial charge is 0.407 e. The minimum Gasteiger partial charge on any atom is -0.444 e. The largest absolute Gasteiger partial charge is 0.444 e. The Kier molecular flexibility index (Phi) is 4.77.